The van der Waals surface area contributed by atoms with Crippen LogP contribution < -0.4 is 15.5 Å². The lowest BCUT2D eigenvalue weighted by Crippen LogP contribution is -2.49. The number of pyridine rings is 1. The van der Waals surface area contributed by atoms with Gasteiger partial charge in [0.1, 0.15) is 6.04 Å². The molecular formula is C24H33ClN4O2S. The van der Waals surface area contributed by atoms with Gasteiger partial charge in [-0.15, -0.1) is 11.3 Å². The Labute approximate surface area is 199 Å². The van der Waals surface area contributed by atoms with Crippen molar-refractivity contribution in [2.45, 2.75) is 77.9 Å². The number of anilines is 2. The number of rotatable bonds is 10. The van der Waals surface area contributed by atoms with Crippen LogP contribution in [0.1, 0.15) is 69.5 Å². The van der Waals surface area contributed by atoms with Gasteiger partial charge in [-0.3, -0.25) is 19.5 Å². The molecule has 1 fully saturated rings. The number of aromatic nitrogens is 1. The van der Waals surface area contributed by atoms with E-state index in [-0.39, 0.29) is 18.0 Å². The predicted molar refractivity (Wildman–Crippen MR) is 133 cm³/mol. The first-order valence-electron chi connectivity index (χ1n) is 11.3. The van der Waals surface area contributed by atoms with Crippen LogP contribution in [0.15, 0.2) is 24.4 Å². The standard InChI is InChI=1S/C24H33ClN4O2S/c1-15(2)27-24(31)21(11-18-7-5-6-8-18)29(14-30)23-10-9-22(32-23)17(4)28-20-12-19(25)13-26-16(20)3/h9-10,12-15,17-18,21,28H,5-8,11H2,1-4H3,(H,27,31)/t17-,21-/m0/s1. The molecule has 0 saturated heterocycles. The molecule has 0 aromatic carbocycles. The first kappa shape index (κ1) is 24.5. The Kier molecular flexibility index (Phi) is 8.54. The van der Waals surface area contributed by atoms with E-state index in [0.717, 1.165) is 40.5 Å². The minimum atomic E-state index is -0.493. The van der Waals surface area contributed by atoms with Crippen molar-refractivity contribution in [2.75, 3.05) is 10.2 Å². The third-order valence-electron chi connectivity index (χ3n) is 5.93. The zero-order valence-corrected chi connectivity index (χ0v) is 20.8. The van der Waals surface area contributed by atoms with Crippen LogP contribution in [0.5, 0.6) is 0 Å². The summed E-state index contributed by atoms with van der Waals surface area (Å²) in [6.07, 6.45) is 7.79. The van der Waals surface area contributed by atoms with E-state index in [4.69, 9.17) is 11.6 Å². The van der Waals surface area contributed by atoms with Gasteiger partial charge in [-0.25, -0.2) is 0 Å². The lowest BCUT2D eigenvalue weighted by molar-refractivity contribution is -0.124. The van der Waals surface area contributed by atoms with Crippen LogP contribution in [0.4, 0.5) is 10.7 Å². The van der Waals surface area contributed by atoms with Gasteiger partial charge >= 0.3 is 0 Å². The molecule has 0 aliphatic heterocycles. The number of carbonyl (C=O) groups is 2. The lowest BCUT2D eigenvalue weighted by Gasteiger charge is -2.29. The fraction of sp³-hybridized carbons (Fsp3) is 0.542. The SMILES string of the molecule is Cc1ncc(Cl)cc1N[C@@H](C)c1ccc(N(C=O)[C@@H](CC2CCCC2)C(=O)NC(C)C)s1. The molecule has 32 heavy (non-hydrogen) atoms. The lowest BCUT2D eigenvalue weighted by atomic mass is 9.97. The fourth-order valence-corrected chi connectivity index (χ4v) is 5.42. The van der Waals surface area contributed by atoms with Crippen LogP contribution in [0.2, 0.25) is 5.02 Å². The van der Waals surface area contributed by atoms with Gasteiger partial charge in [0.25, 0.3) is 0 Å². The van der Waals surface area contributed by atoms with Crippen molar-refractivity contribution in [3.05, 3.63) is 40.0 Å². The molecule has 2 aromatic rings. The topological polar surface area (TPSA) is 74.3 Å². The van der Waals surface area contributed by atoms with Crippen LogP contribution in [0.3, 0.4) is 0 Å². The largest absolute Gasteiger partial charge is 0.376 e. The maximum atomic E-state index is 13.0. The summed E-state index contributed by atoms with van der Waals surface area (Å²) in [5, 5.41) is 7.82. The zero-order chi connectivity index (χ0) is 23.3. The van der Waals surface area contributed by atoms with Gasteiger partial charge < -0.3 is 10.6 Å². The molecule has 2 N–H and O–H groups in total. The van der Waals surface area contributed by atoms with Crippen molar-refractivity contribution in [3.63, 3.8) is 0 Å². The molecule has 6 nitrogen and oxygen atoms in total. The van der Waals surface area contributed by atoms with Gasteiger partial charge in [0.05, 0.1) is 27.4 Å². The second kappa shape index (κ2) is 11.1. The average Bonchev–Trinajstić information content (AvgIpc) is 3.42. The van der Waals surface area contributed by atoms with E-state index in [1.807, 2.05) is 39.0 Å². The van der Waals surface area contributed by atoms with Gasteiger partial charge in [-0.1, -0.05) is 37.3 Å². The maximum absolute atomic E-state index is 13.0. The Morgan fingerprint density at radius 3 is 2.69 bits per heavy atom. The molecule has 1 aliphatic carbocycles. The molecule has 1 aliphatic rings. The highest BCUT2D eigenvalue weighted by atomic mass is 35.5. The predicted octanol–water partition coefficient (Wildman–Crippen LogP) is 5.71. The summed E-state index contributed by atoms with van der Waals surface area (Å²) in [6.45, 7) is 7.88. The van der Waals surface area contributed by atoms with Crippen molar-refractivity contribution in [2.24, 2.45) is 5.92 Å². The number of hydrogen-bond acceptors (Lipinski definition) is 5. The van der Waals surface area contributed by atoms with Crippen molar-refractivity contribution in [1.82, 2.24) is 10.3 Å². The zero-order valence-electron chi connectivity index (χ0n) is 19.2. The van der Waals surface area contributed by atoms with E-state index in [1.165, 1.54) is 24.2 Å². The van der Waals surface area contributed by atoms with E-state index >= 15 is 0 Å². The Hall–Kier alpha value is -2.12. The normalized spacial score (nSPS) is 16.1. The average molecular weight is 477 g/mol. The fourth-order valence-electron chi connectivity index (χ4n) is 4.24. The number of halogens is 1. The van der Waals surface area contributed by atoms with Gasteiger partial charge in [0.15, 0.2) is 0 Å². The molecule has 3 rings (SSSR count). The summed E-state index contributed by atoms with van der Waals surface area (Å²) in [6, 6.07) is 5.33. The van der Waals surface area contributed by atoms with E-state index in [1.54, 1.807) is 11.1 Å². The number of carbonyl (C=O) groups excluding carboxylic acids is 2. The molecule has 2 amide bonds. The third-order valence-corrected chi connectivity index (χ3v) is 7.42. The number of amides is 2. The quantitative estimate of drug-likeness (QED) is 0.430. The molecule has 0 unspecified atom stereocenters. The van der Waals surface area contributed by atoms with Crippen LogP contribution in [0, 0.1) is 12.8 Å². The Morgan fingerprint density at radius 1 is 1.31 bits per heavy atom. The highest BCUT2D eigenvalue weighted by Gasteiger charge is 2.31. The second-order valence-corrected chi connectivity index (χ2v) is 10.4. The molecular weight excluding hydrogens is 444 g/mol. The number of aryl methyl sites for hydroxylation is 1. The molecule has 0 radical (unpaired) electrons. The van der Waals surface area contributed by atoms with Gasteiger partial charge in [0, 0.05) is 17.1 Å². The Morgan fingerprint density at radius 2 is 2.03 bits per heavy atom. The van der Waals surface area contributed by atoms with Crippen LogP contribution in [-0.2, 0) is 9.59 Å². The number of hydrogen-bond donors (Lipinski definition) is 2. The summed E-state index contributed by atoms with van der Waals surface area (Å²) >= 11 is 7.62. The molecule has 0 bridgehead atoms. The van der Waals surface area contributed by atoms with Crippen molar-refractivity contribution >= 4 is 45.9 Å². The van der Waals surface area contributed by atoms with E-state index in [9.17, 15) is 9.59 Å². The minimum Gasteiger partial charge on any atom is -0.376 e. The Bertz CT molecular complexity index is 926. The molecule has 0 spiro atoms. The first-order chi connectivity index (χ1) is 15.3. The molecule has 174 valence electrons. The molecule has 2 atom stereocenters. The number of nitrogens with zero attached hydrogens (tertiary/aromatic N) is 2. The van der Waals surface area contributed by atoms with Gasteiger partial charge in [0.2, 0.25) is 12.3 Å². The van der Waals surface area contributed by atoms with Gasteiger partial charge in [-0.2, -0.15) is 0 Å². The van der Waals surface area contributed by atoms with E-state index < -0.39 is 6.04 Å². The molecule has 8 heteroatoms. The monoisotopic (exact) mass is 476 g/mol. The van der Waals surface area contributed by atoms with Crippen molar-refractivity contribution in [3.8, 4) is 0 Å². The second-order valence-electron chi connectivity index (χ2n) is 8.91. The van der Waals surface area contributed by atoms with E-state index in [2.05, 4.69) is 22.5 Å². The summed E-state index contributed by atoms with van der Waals surface area (Å²) in [7, 11) is 0. The van der Waals surface area contributed by atoms with Crippen molar-refractivity contribution < 1.29 is 9.59 Å². The summed E-state index contributed by atoms with van der Waals surface area (Å²) in [5.74, 6) is 0.402. The molecule has 2 heterocycles. The number of nitrogens with one attached hydrogen (secondary N) is 2. The Balaban J connectivity index is 1.79. The number of thiophene rings is 1. The first-order valence-corrected chi connectivity index (χ1v) is 12.5. The van der Waals surface area contributed by atoms with Crippen LogP contribution in [-0.4, -0.2) is 29.4 Å². The third kappa shape index (κ3) is 6.23. The summed E-state index contributed by atoms with van der Waals surface area (Å²) in [5.41, 5.74) is 1.75. The maximum Gasteiger partial charge on any atom is 0.243 e. The smallest absolute Gasteiger partial charge is 0.243 e. The highest BCUT2D eigenvalue weighted by Crippen LogP contribution is 2.36. The van der Waals surface area contributed by atoms with Crippen LogP contribution in [0.25, 0.3) is 0 Å². The highest BCUT2D eigenvalue weighted by molar-refractivity contribution is 7.16. The molecule has 2 aromatic heterocycles. The summed E-state index contributed by atoms with van der Waals surface area (Å²) in [4.78, 5) is 32.2. The summed E-state index contributed by atoms with van der Waals surface area (Å²) < 4.78 is 0. The van der Waals surface area contributed by atoms with Crippen molar-refractivity contribution in [1.29, 1.82) is 0 Å². The van der Waals surface area contributed by atoms with Crippen LogP contribution >= 0.6 is 22.9 Å². The molecule has 1 saturated carbocycles. The van der Waals surface area contributed by atoms with E-state index in [0.29, 0.717) is 17.4 Å². The van der Waals surface area contributed by atoms with Gasteiger partial charge in [-0.05, 0) is 58.2 Å². The minimum absolute atomic E-state index is 0.000934.